The number of hydrogen-bond donors (Lipinski definition) is 1. The Morgan fingerprint density at radius 3 is 2.83 bits per heavy atom. The second-order valence-electron chi connectivity index (χ2n) is 3.31. The third-order valence-corrected chi connectivity index (χ3v) is 2.54. The van der Waals surface area contributed by atoms with Crippen molar-refractivity contribution in [2.24, 2.45) is 0 Å². The number of pyridine rings is 1. The summed E-state index contributed by atoms with van der Waals surface area (Å²) < 4.78 is 0. The summed E-state index contributed by atoms with van der Waals surface area (Å²) in [6.45, 7) is 4.26. The van der Waals surface area contributed by atoms with E-state index in [0.717, 1.165) is 12.0 Å². The van der Waals surface area contributed by atoms with Crippen molar-refractivity contribution in [2.45, 2.75) is 20.3 Å². The van der Waals surface area contributed by atoms with E-state index in [2.05, 4.69) is 18.8 Å². The summed E-state index contributed by atoms with van der Waals surface area (Å²) in [7, 11) is 0. The van der Waals surface area contributed by atoms with Crippen LogP contribution in [0.5, 0.6) is 0 Å². The lowest BCUT2D eigenvalue weighted by atomic mass is 10.1. The van der Waals surface area contributed by atoms with E-state index in [4.69, 9.17) is 5.73 Å². The number of nitrogen functional groups attached to an aromatic ring is 1. The topological polar surface area (TPSA) is 38.9 Å². The van der Waals surface area contributed by atoms with Crippen molar-refractivity contribution in [3.8, 4) is 0 Å². The van der Waals surface area contributed by atoms with Gasteiger partial charge in [0.2, 0.25) is 0 Å². The van der Waals surface area contributed by atoms with Crippen molar-refractivity contribution in [3.05, 3.63) is 29.0 Å². The maximum absolute atomic E-state index is 5.78. The molecule has 0 fully saturated rings. The molecule has 0 saturated carbocycles. The van der Waals surface area contributed by atoms with E-state index in [1.807, 2.05) is 6.07 Å². The third-order valence-electron chi connectivity index (χ3n) is 2.54. The highest BCUT2D eigenvalue weighted by molar-refractivity contribution is 5.80. The average Bonchev–Trinajstić information content (AvgIpc) is 2.29. The fourth-order valence-corrected chi connectivity index (χ4v) is 1.73. The molecule has 0 aliphatic heterocycles. The molecule has 1 heterocycles. The molecule has 0 bridgehead atoms. The monoisotopic (exact) mass is 160 g/mol. The van der Waals surface area contributed by atoms with Crippen molar-refractivity contribution < 1.29 is 0 Å². The minimum atomic E-state index is 0.668. The maximum Gasteiger partial charge on any atom is 0.131 e. The molecule has 0 radical (unpaired) electrons. The van der Waals surface area contributed by atoms with Crippen LogP contribution in [-0.4, -0.2) is 4.98 Å². The number of nitrogens with zero attached hydrogens (tertiary/aromatic N) is 1. The predicted molar refractivity (Wildman–Crippen MR) is 50.6 cm³/mol. The van der Waals surface area contributed by atoms with Gasteiger partial charge in [-0.15, -0.1) is 0 Å². The second kappa shape index (κ2) is 2.34. The third kappa shape index (κ3) is 0.843. The van der Waals surface area contributed by atoms with Crippen molar-refractivity contribution in [3.63, 3.8) is 0 Å². The quantitative estimate of drug-likeness (QED) is 0.630. The first-order valence-electron chi connectivity index (χ1n) is 4.10. The van der Waals surface area contributed by atoms with Gasteiger partial charge in [0.15, 0.2) is 0 Å². The van der Waals surface area contributed by atoms with Crippen LogP contribution in [0.25, 0.3) is 5.57 Å². The molecule has 0 aromatic carbocycles. The molecule has 1 aliphatic rings. The molecule has 2 nitrogen and oxygen atoms in total. The van der Waals surface area contributed by atoms with Crippen molar-refractivity contribution in [1.29, 1.82) is 0 Å². The van der Waals surface area contributed by atoms with Crippen molar-refractivity contribution in [2.75, 3.05) is 5.73 Å². The summed E-state index contributed by atoms with van der Waals surface area (Å²) in [4.78, 5) is 4.08. The smallest absolute Gasteiger partial charge is 0.131 e. The molecule has 0 amide bonds. The summed E-state index contributed by atoms with van der Waals surface area (Å²) in [5.74, 6) is 0.668. The van der Waals surface area contributed by atoms with Crippen LogP contribution in [0.4, 0.5) is 5.82 Å². The molecule has 2 N–H and O–H groups in total. The molecule has 1 aliphatic carbocycles. The molecule has 1 aromatic rings. The van der Waals surface area contributed by atoms with Crippen LogP contribution < -0.4 is 5.73 Å². The van der Waals surface area contributed by atoms with Gasteiger partial charge < -0.3 is 5.73 Å². The van der Waals surface area contributed by atoms with E-state index in [-0.39, 0.29) is 0 Å². The Kier molecular flexibility index (Phi) is 1.43. The van der Waals surface area contributed by atoms with E-state index in [1.165, 1.54) is 16.7 Å². The van der Waals surface area contributed by atoms with Gasteiger partial charge in [-0.3, -0.25) is 0 Å². The fourth-order valence-electron chi connectivity index (χ4n) is 1.73. The van der Waals surface area contributed by atoms with Crippen LogP contribution in [0.1, 0.15) is 25.0 Å². The second-order valence-corrected chi connectivity index (χ2v) is 3.31. The molecule has 2 heteroatoms. The zero-order valence-electron chi connectivity index (χ0n) is 7.39. The van der Waals surface area contributed by atoms with Crippen molar-refractivity contribution in [1.82, 2.24) is 4.98 Å². The summed E-state index contributed by atoms with van der Waals surface area (Å²) in [5, 5.41) is 0. The Morgan fingerprint density at radius 2 is 2.17 bits per heavy atom. The molecule has 0 unspecified atom stereocenters. The Hall–Kier alpha value is -1.31. The van der Waals surface area contributed by atoms with Gasteiger partial charge in [0, 0.05) is 11.8 Å². The van der Waals surface area contributed by atoms with Gasteiger partial charge in [0.05, 0.1) is 0 Å². The minimum Gasteiger partial charge on any atom is -0.383 e. The lowest BCUT2D eigenvalue weighted by molar-refractivity contribution is 1.17. The van der Waals surface area contributed by atoms with Gasteiger partial charge >= 0.3 is 0 Å². The number of nitrogens with two attached hydrogens (primary N) is 1. The molecule has 0 saturated heterocycles. The Balaban J connectivity index is 2.67. The molecular formula is C10H12N2. The number of aromatic nitrogens is 1. The van der Waals surface area contributed by atoms with E-state index < -0.39 is 0 Å². The largest absolute Gasteiger partial charge is 0.383 e. The van der Waals surface area contributed by atoms with E-state index in [0.29, 0.717) is 5.82 Å². The highest BCUT2D eigenvalue weighted by Gasteiger charge is 2.17. The van der Waals surface area contributed by atoms with Crippen LogP contribution in [0.3, 0.4) is 0 Å². The predicted octanol–water partition coefficient (Wildman–Crippen LogP) is 2.01. The van der Waals surface area contributed by atoms with E-state index in [1.54, 1.807) is 6.20 Å². The first kappa shape index (κ1) is 7.35. The minimum absolute atomic E-state index is 0.668. The first-order valence-corrected chi connectivity index (χ1v) is 4.10. The van der Waals surface area contributed by atoms with E-state index in [9.17, 15) is 0 Å². The van der Waals surface area contributed by atoms with Gasteiger partial charge in [-0.05, 0) is 37.5 Å². The highest BCUT2D eigenvalue weighted by Crippen LogP contribution is 2.34. The lowest BCUT2D eigenvalue weighted by Crippen LogP contribution is -1.96. The molecule has 2 rings (SSSR count). The summed E-state index contributed by atoms with van der Waals surface area (Å²) >= 11 is 0. The van der Waals surface area contributed by atoms with Crippen LogP contribution in [-0.2, 0) is 6.42 Å². The maximum atomic E-state index is 5.78. The summed E-state index contributed by atoms with van der Waals surface area (Å²) in [6, 6.07) is 2.05. The molecular weight excluding hydrogens is 148 g/mol. The highest BCUT2D eigenvalue weighted by atomic mass is 14.8. The number of rotatable bonds is 0. The Bertz CT molecular complexity index is 364. The van der Waals surface area contributed by atoms with Crippen LogP contribution in [0.15, 0.2) is 17.8 Å². The molecule has 0 atom stereocenters. The lowest BCUT2D eigenvalue weighted by Gasteiger charge is -2.02. The Labute approximate surface area is 72.1 Å². The number of hydrogen-bond acceptors (Lipinski definition) is 2. The molecule has 0 spiro atoms. The van der Waals surface area contributed by atoms with Crippen LogP contribution in [0, 0.1) is 0 Å². The fraction of sp³-hybridized carbons (Fsp3) is 0.300. The van der Waals surface area contributed by atoms with Crippen LogP contribution >= 0.6 is 0 Å². The molecule has 12 heavy (non-hydrogen) atoms. The molecule has 62 valence electrons. The van der Waals surface area contributed by atoms with Gasteiger partial charge in [0.1, 0.15) is 5.82 Å². The Morgan fingerprint density at radius 1 is 1.42 bits per heavy atom. The number of allylic oxidation sites excluding steroid dienone is 2. The zero-order valence-corrected chi connectivity index (χ0v) is 7.39. The summed E-state index contributed by atoms with van der Waals surface area (Å²) in [5.41, 5.74) is 11.0. The van der Waals surface area contributed by atoms with Crippen molar-refractivity contribution >= 4 is 11.4 Å². The van der Waals surface area contributed by atoms with Gasteiger partial charge in [-0.25, -0.2) is 4.98 Å². The van der Waals surface area contributed by atoms with Gasteiger partial charge in [-0.2, -0.15) is 0 Å². The first-order chi connectivity index (χ1) is 5.70. The van der Waals surface area contributed by atoms with Crippen LogP contribution in [0.2, 0.25) is 0 Å². The molecule has 1 aromatic heterocycles. The van der Waals surface area contributed by atoms with Gasteiger partial charge in [0.25, 0.3) is 0 Å². The zero-order chi connectivity index (χ0) is 8.72. The standard InChI is InChI=1S/C10H12N2/c1-6-5-8-3-4-12-10(11)9(8)7(6)2/h3-4H,5H2,1-2H3,(H2,11,12). The van der Waals surface area contributed by atoms with Gasteiger partial charge in [-0.1, -0.05) is 5.57 Å². The average molecular weight is 160 g/mol. The SMILES string of the molecule is CC1=C(C)c2c(ccnc2N)C1. The number of anilines is 1. The number of fused-ring (bicyclic) bond motifs is 1. The van der Waals surface area contributed by atoms with E-state index >= 15 is 0 Å². The summed E-state index contributed by atoms with van der Waals surface area (Å²) in [6.07, 6.45) is 2.81. The normalized spacial score (nSPS) is 15.2.